The Labute approximate surface area is 147 Å². The van der Waals surface area contributed by atoms with E-state index in [2.05, 4.69) is 5.32 Å². The van der Waals surface area contributed by atoms with Crippen LogP contribution >= 0.6 is 0 Å². The summed E-state index contributed by atoms with van der Waals surface area (Å²) in [5.41, 5.74) is 4.68. The molecule has 0 fully saturated rings. The molecule has 1 amide bonds. The lowest BCUT2D eigenvalue weighted by molar-refractivity contribution is -0.134. The average Bonchev–Trinajstić information content (AvgIpc) is 2.63. The van der Waals surface area contributed by atoms with E-state index in [4.69, 9.17) is 9.94 Å². The molecular formula is C19H24N2O4. The van der Waals surface area contributed by atoms with E-state index in [-0.39, 0.29) is 0 Å². The molecule has 4 N–H and O–H groups in total. The minimum Gasteiger partial charge on any atom is -0.494 e. The molecule has 6 heteroatoms. The van der Waals surface area contributed by atoms with Crippen molar-refractivity contribution in [2.75, 3.05) is 6.61 Å². The maximum Gasteiger partial charge on any atom is 0.263 e. The molecule has 0 aliphatic rings. The summed E-state index contributed by atoms with van der Waals surface area (Å²) in [6, 6.07) is 14.9. The number of rotatable bonds is 8. The number of amides is 1. The smallest absolute Gasteiger partial charge is 0.263 e. The Morgan fingerprint density at radius 3 is 2.12 bits per heavy atom. The molecule has 0 radical (unpaired) electrons. The molecule has 2 aromatic rings. The second-order valence-electron chi connectivity index (χ2n) is 5.73. The molecule has 2 aromatic carbocycles. The number of carbonyl (C=O) groups is 1. The van der Waals surface area contributed by atoms with Crippen molar-refractivity contribution in [3.8, 4) is 16.9 Å². The Morgan fingerprint density at radius 1 is 1.08 bits per heavy atom. The van der Waals surface area contributed by atoms with E-state index >= 15 is 0 Å². The van der Waals surface area contributed by atoms with Crippen molar-refractivity contribution in [2.24, 2.45) is 0 Å². The van der Waals surface area contributed by atoms with Gasteiger partial charge >= 0.3 is 0 Å². The summed E-state index contributed by atoms with van der Waals surface area (Å²) in [6.07, 6.45) is -0.921. The quantitative estimate of drug-likeness (QED) is 0.435. The summed E-state index contributed by atoms with van der Waals surface area (Å²) in [7, 11) is 0. The first kappa shape index (κ1) is 18.9. The van der Waals surface area contributed by atoms with Gasteiger partial charge in [-0.05, 0) is 42.7 Å². The summed E-state index contributed by atoms with van der Waals surface area (Å²) in [4.78, 5) is 11.5. The van der Waals surface area contributed by atoms with Gasteiger partial charge < -0.3 is 9.84 Å². The van der Waals surface area contributed by atoms with Crippen LogP contribution < -0.4 is 15.5 Å². The maximum atomic E-state index is 11.5. The molecule has 6 nitrogen and oxygen atoms in total. The van der Waals surface area contributed by atoms with Crippen LogP contribution in [0.3, 0.4) is 0 Å². The number of hydroxylamine groups is 1. The van der Waals surface area contributed by atoms with Gasteiger partial charge in [0.05, 0.1) is 12.7 Å². The number of benzene rings is 2. The molecule has 0 unspecified atom stereocenters. The van der Waals surface area contributed by atoms with Crippen LogP contribution in [0.25, 0.3) is 11.1 Å². The van der Waals surface area contributed by atoms with Crippen LogP contribution in [0.5, 0.6) is 5.75 Å². The first-order valence-electron chi connectivity index (χ1n) is 8.22. The van der Waals surface area contributed by atoms with Gasteiger partial charge in [0, 0.05) is 6.54 Å². The minimum absolute atomic E-state index is 0.395. The zero-order valence-corrected chi connectivity index (χ0v) is 14.4. The van der Waals surface area contributed by atoms with E-state index < -0.39 is 18.1 Å². The third-order valence-corrected chi connectivity index (χ3v) is 3.85. The molecule has 134 valence electrons. The van der Waals surface area contributed by atoms with E-state index in [1.165, 1.54) is 6.92 Å². The summed E-state index contributed by atoms with van der Waals surface area (Å²) in [6.45, 7) is 4.48. The molecule has 0 spiro atoms. The van der Waals surface area contributed by atoms with Crippen molar-refractivity contribution >= 4 is 5.91 Å². The van der Waals surface area contributed by atoms with Crippen LogP contribution in [-0.4, -0.2) is 35.0 Å². The molecule has 0 aromatic heterocycles. The highest BCUT2D eigenvalue weighted by Gasteiger charge is 2.22. The Balaban J connectivity index is 2.00. The second-order valence-corrected chi connectivity index (χ2v) is 5.73. The Kier molecular flexibility index (Phi) is 6.94. The standard InChI is InChI=1S/C19H24N2O4/c1-3-25-17-10-8-16(9-11-17)15-6-4-14(5-7-15)12-20-18(13(2)22)19(23)21-24/h4-11,13,18,20,22,24H,3,12H2,1-2H3,(H,21,23)/t13-,18+/m1/s1. The highest BCUT2D eigenvalue weighted by Crippen LogP contribution is 2.23. The third-order valence-electron chi connectivity index (χ3n) is 3.85. The van der Waals surface area contributed by atoms with Crippen LogP contribution in [0.15, 0.2) is 48.5 Å². The van der Waals surface area contributed by atoms with Gasteiger partial charge in [0.15, 0.2) is 0 Å². The molecule has 0 aliphatic heterocycles. The maximum absolute atomic E-state index is 11.5. The number of carbonyl (C=O) groups excluding carboxylic acids is 1. The SMILES string of the molecule is CCOc1ccc(-c2ccc(CN[C@H](C(=O)NO)[C@@H](C)O)cc2)cc1. The van der Waals surface area contributed by atoms with E-state index in [0.29, 0.717) is 13.2 Å². The van der Waals surface area contributed by atoms with Crippen molar-refractivity contribution in [1.29, 1.82) is 0 Å². The van der Waals surface area contributed by atoms with Gasteiger partial charge in [0.25, 0.3) is 5.91 Å². The monoisotopic (exact) mass is 344 g/mol. The molecule has 2 rings (SSSR count). The fraction of sp³-hybridized carbons (Fsp3) is 0.316. The molecule has 0 saturated carbocycles. The van der Waals surface area contributed by atoms with Crippen molar-refractivity contribution in [3.05, 3.63) is 54.1 Å². The van der Waals surface area contributed by atoms with E-state index in [1.54, 1.807) is 5.48 Å². The van der Waals surface area contributed by atoms with Crippen LogP contribution in [0, 0.1) is 0 Å². The van der Waals surface area contributed by atoms with Crippen LogP contribution in [0.2, 0.25) is 0 Å². The Bertz CT molecular complexity index is 669. The number of aliphatic hydroxyl groups excluding tert-OH is 1. The third kappa shape index (κ3) is 5.29. The lowest BCUT2D eigenvalue weighted by Crippen LogP contribution is -2.49. The number of aliphatic hydroxyl groups is 1. The first-order chi connectivity index (χ1) is 12.0. The zero-order chi connectivity index (χ0) is 18.2. The lowest BCUT2D eigenvalue weighted by Gasteiger charge is -2.19. The average molecular weight is 344 g/mol. The number of ether oxygens (including phenoxy) is 1. The number of hydrogen-bond donors (Lipinski definition) is 4. The second kappa shape index (κ2) is 9.17. The topological polar surface area (TPSA) is 90.8 Å². The van der Waals surface area contributed by atoms with Crippen molar-refractivity contribution < 1.29 is 19.8 Å². The number of hydrogen-bond acceptors (Lipinski definition) is 5. The van der Waals surface area contributed by atoms with E-state index in [1.807, 2.05) is 55.5 Å². The van der Waals surface area contributed by atoms with Gasteiger partial charge in [-0.2, -0.15) is 0 Å². The Morgan fingerprint density at radius 2 is 1.64 bits per heavy atom. The predicted octanol–water partition coefficient (Wildman–Crippen LogP) is 2.10. The first-order valence-corrected chi connectivity index (χ1v) is 8.22. The van der Waals surface area contributed by atoms with Crippen LogP contribution in [0.1, 0.15) is 19.4 Å². The molecule has 0 aliphatic carbocycles. The summed E-state index contributed by atoms with van der Waals surface area (Å²) >= 11 is 0. The molecule has 0 saturated heterocycles. The van der Waals surface area contributed by atoms with Gasteiger partial charge in [-0.3, -0.25) is 15.3 Å². The van der Waals surface area contributed by atoms with Crippen molar-refractivity contribution in [2.45, 2.75) is 32.5 Å². The Hall–Kier alpha value is -2.41. The normalized spacial score (nSPS) is 13.1. The predicted molar refractivity (Wildman–Crippen MR) is 95.3 cm³/mol. The highest BCUT2D eigenvalue weighted by molar-refractivity contribution is 5.81. The van der Waals surface area contributed by atoms with Gasteiger partial charge in [-0.1, -0.05) is 36.4 Å². The lowest BCUT2D eigenvalue weighted by atomic mass is 10.0. The summed E-state index contributed by atoms with van der Waals surface area (Å²) in [5, 5.41) is 21.2. The molecule has 2 atom stereocenters. The van der Waals surface area contributed by atoms with Gasteiger partial charge in [-0.25, -0.2) is 5.48 Å². The molecule has 0 heterocycles. The summed E-state index contributed by atoms with van der Waals surface area (Å²) in [5.74, 6) is 0.180. The molecular weight excluding hydrogens is 320 g/mol. The molecule has 0 bridgehead atoms. The van der Waals surface area contributed by atoms with Gasteiger partial charge in [0.1, 0.15) is 11.8 Å². The van der Waals surface area contributed by atoms with Crippen molar-refractivity contribution in [1.82, 2.24) is 10.8 Å². The van der Waals surface area contributed by atoms with Crippen molar-refractivity contribution in [3.63, 3.8) is 0 Å². The van der Waals surface area contributed by atoms with E-state index in [9.17, 15) is 9.90 Å². The number of nitrogens with one attached hydrogen (secondary N) is 2. The largest absolute Gasteiger partial charge is 0.494 e. The zero-order valence-electron chi connectivity index (χ0n) is 14.4. The van der Waals surface area contributed by atoms with Gasteiger partial charge in [0.2, 0.25) is 0 Å². The van der Waals surface area contributed by atoms with Crippen LogP contribution in [-0.2, 0) is 11.3 Å². The fourth-order valence-corrected chi connectivity index (χ4v) is 2.51. The fourth-order valence-electron chi connectivity index (χ4n) is 2.51. The highest BCUT2D eigenvalue weighted by atomic mass is 16.5. The molecule has 25 heavy (non-hydrogen) atoms. The summed E-state index contributed by atoms with van der Waals surface area (Å²) < 4.78 is 5.44. The van der Waals surface area contributed by atoms with E-state index in [0.717, 1.165) is 22.4 Å². The van der Waals surface area contributed by atoms with Crippen LogP contribution in [0.4, 0.5) is 0 Å². The minimum atomic E-state index is -0.921. The van der Waals surface area contributed by atoms with Gasteiger partial charge in [-0.15, -0.1) is 0 Å².